The molecule has 0 aliphatic carbocycles. The molecule has 0 N–H and O–H groups in total. The maximum atomic E-state index is 4.76. The molecule has 164 valence electrons. The Hall–Kier alpha value is -1.97. The van der Waals surface area contributed by atoms with Gasteiger partial charge in [-0.3, -0.25) is 9.98 Å². The summed E-state index contributed by atoms with van der Waals surface area (Å²) in [6, 6.07) is 22.4. The third-order valence-corrected chi connectivity index (χ3v) is 4.58. The summed E-state index contributed by atoms with van der Waals surface area (Å²) in [4.78, 5) is 14.0. The number of para-hydroxylation sites is 2. The van der Waals surface area contributed by atoms with Crippen LogP contribution in [0.15, 0.2) is 76.7 Å². The summed E-state index contributed by atoms with van der Waals surface area (Å²) in [5, 5.41) is 0. The molecule has 31 heavy (non-hydrogen) atoms. The SMILES string of the molecule is CC(C)c1ccccc1N=Cc1cccc(C=Nc2ccccc2C(C)C)n1.[Cl][Fe][Cl]. The fourth-order valence-electron chi connectivity index (χ4n) is 3.07. The van der Waals surface area contributed by atoms with E-state index in [4.69, 9.17) is 20.2 Å². The quantitative estimate of drug-likeness (QED) is 0.250. The van der Waals surface area contributed by atoms with E-state index in [9.17, 15) is 0 Å². The molecule has 1 aromatic heterocycles. The molecule has 3 nitrogen and oxygen atoms in total. The van der Waals surface area contributed by atoms with Gasteiger partial charge in [0.1, 0.15) is 0 Å². The predicted molar refractivity (Wildman–Crippen MR) is 132 cm³/mol. The minimum atomic E-state index is 0.194. The van der Waals surface area contributed by atoms with Gasteiger partial charge in [-0.05, 0) is 47.2 Å². The van der Waals surface area contributed by atoms with Crippen molar-refractivity contribution in [3.05, 3.63) is 89.2 Å². The minimum absolute atomic E-state index is 0.194. The molecule has 0 spiro atoms. The number of halogens is 2. The van der Waals surface area contributed by atoms with E-state index in [1.165, 1.54) is 11.1 Å². The van der Waals surface area contributed by atoms with Gasteiger partial charge in [-0.25, -0.2) is 4.98 Å². The number of nitrogens with zero attached hydrogens (tertiary/aromatic N) is 3. The Morgan fingerprint density at radius 2 is 1.06 bits per heavy atom. The van der Waals surface area contributed by atoms with Crippen LogP contribution in [0.2, 0.25) is 0 Å². The van der Waals surface area contributed by atoms with Crippen molar-refractivity contribution in [1.29, 1.82) is 0 Å². The van der Waals surface area contributed by atoms with Gasteiger partial charge >= 0.3 is 33.3 Å². The molecule has 3 aromatic rings. The Balaban J connectivity index is 0.00000107. The first-order chi connectivity index (χ1) is 15.0. The molecule has 0 amide bonds. The number of rotatable bonds is 6. The molecule has 3 rings (SSSR count). The normalized spacial score (nSPS) is 11.5. The van der Waals surface area contributed by atoms with E-state index >= 15 is 0 Å². The molecule has 0 atom stereocenters. The van der Waals surface area contributed by atoms with Crippen LogP contribution in [0.4, 0.5) is 11.4 Å². The first kappa shape index (κ1) is 25.3. The van der Waals surface area contributed by atoms with Crippen LogP contribution < -0.4 is 0 Å². The van der Waals surface area contributed by atoms with Crippen molar-refractivity contribution in [2.24, 2.45) is 9.98 Å². The fourth-order valence-corrected chi connectivity index (χ4v) is 3.07. The zero-order valence-electron chi connectivity index (χ0n) is 18.1. The topological polar surface area (TPSA) is 37.6 Å². The Morgan fingerprint density at radius 1 is 0.677 bits per heavy atom. The Bertz CT molecular complexity index is 940. The van der Waals surface area contributed by atoms with Crippen molar-refractivity contribution in [1.82, 2.24) is 4.98 Å². The van der Waals surface area contributed by atoms with E-state index in [1.54, 1.807) is 0 Å². The van der Waals surface area contributed by atoms with Crippen molar-refractivity contribution in [3.8, 4) is 0 Å². The average Bonchev–Trinajstić information content (AvgIpc) is 2.77. The Morgan fingerprint density at radius 3 is 1.45 bits per heavy atom. The second-order valence-electron chi connectivity index (χ2n) is 7.48. The first-order valence-electron chi connectivity index (χ1n) is 10.0. The molecule has 2 aromatic carbocycles. The van der Waals surface area contributed by atoms with Crippen molar-refractivity contribution in [2.45, 2.75) is 39.5 Å². The summed E-state index contributed by atoms with van der Waals surface area (Å²) >= 11 is 0.194. The summed E-state index contributed by atoms with van der Waals surface area (Å²) in [6.45, 7) is 8.72. The van der Waals surface area contributed by atoms with Crippen molar-refractivity contribution in [3.63, 3.8) is 0 Å². The van der Waals surface area contributed by atoms with E-state index < -0.39 is 0 Å². The van der Waals surface area contributed by atoms with Gasteiger partial charge in [0.25, 0.3) is 0 Å². The molecule has 0 aliphatic rings. The molecule has 0 saturated heterocycles. The third kappa shape index (κ3) is 8.23. The number of pyridine rings is 1. The van der Waals surface area contributed by atoms with E-state index in [2.05, 4.69) is 66.9 Å². The molecule has 6 heteroatoms. The summed E-state index contributed by atoms with van der Waals surface area (Å²) in [5.41, 5.74) is 6.09. The number of benzene rings is 2. The van der Waals surface area contributed by atoms with Crippen LogP contribution >= 0.6 is 20.2 Å². The van der Waals surface area contributed by atoms with Crippen LogP contribution in [0.1, 0.15) is 62.0 Å². The molecule has 1 heterocycles. The molecule has 0 fully saturated rings. The van der Waals surface area contributed by atoms with Gasteiger partial charge in [0.2, 0.25) is 0 Å². The summed E-state index contributed by atoms with van der Waals surface area (Å²) in [5.74, 6) is 0.863. The van der Waals surface area contributed by atoms with E-state index in [-0.39, 0.29) is 13.1 Å². The monoisotopic (exact) mass is 495 g/mol. The van der Waals surface area contributed by atoms with E-state index in [1.807, 2.05) is 54.9 Å². The van der Waals surface area contributed by atoms with E-state index in [0.717, 1.165) is 22.8 Å². The van der Waals surface area contributed by atoms with Crippen LogP contribution in [-0.4, -0.2) is 17.4 Å². The van der Waals surface area contributed by atoms with Gasteiger partial charge in [0.15, 0.2) is 0 Å². The van der Waals surface area contributed by atoms with Gasteiger partial charge in [-0.2, -0.15) is 0 Å². The van der Waals surface area contributed by atoms with Gasteiger partial charge in [0, 0.05) is 0 Å². The molecule has 0 aliphatic heterocycles. The third-order valence-electron chi connectivity index (χ3n) is 4.58. The number of hydrogen-bond acceptors (Lipinski definition) is 3. The second kappa shape index (κ2) is 13.4. The van der Waals surface area contributed by atoms with Gasteiger partial charge in [-0.15, -0.1) is 0 Å². The first-order valence-corrected chi connectivity index (χ1v) is 13.1. The number of hydrogen-bond donors (Lipinski definition) is 0. The molecule has 0 unspecified atom stereocenters. The van der Waals surface area contributed by atoms with E-state index in [0.29, 0.717) is 11.8 Å². The van der Waals surface area contributed by atoms with Crippen LogP contribution in [0.5, 0.6) is 0 Å². The predicted octanol–water partition coefficient (Wildman–Crippen LogP) is 8.21. The average molecular weight is 496 g/mol. The maximum absolute atomic E-state index is 4.76. The number of aliphatic imine (C=N–C) groups is 2. The van der Waals surface area contributed by atoms with Crippen LogP contribution in [0.25, 0.3) is 0 Å². The van der Waals surface area contributed by atoms with Gasteiger partial charge < -0.3 is 0 Å². The number of aromatic nitrogens is 1. The van der Waals surface area contributed by atoms with Gasteiger partial charge in [0.05, 0.1) is 35.2 Å². The fraction of sp³-hybridized carbons (Fsp3) is 0.240. The zero-order valence-corrected chi connectivity index (χ0v) is 20.7. The molecule has 0 bridgehead atoms. The van der Waals surface area contributed by atoms with Crippen molar-refractivity contribution < 1.29 is 13.1 Å². The summed E-state index contributed by atoms with van der Waals surface area (Å²) < 4.78 is 0. The molecular formula is C25H27Cl2FeN3. The Kier molecular flexibility index (Phi) is 11.0. The van der Waals surface area contributed by atoms with Crippen molar-refractivity contribution in [2.75, 3.05) is 0 Å². The zero-order chi connectivity index (χ0) is 22.6. The van der Waals surface area contributed by atoms with Crippen molar-refractivity contribution >= 4 is 44.0 Å². The van der Waals surface area contributed by atoms with Crippen LogP contribution in [0, 0.1) is 0 Å². The summed E-state index contributed by atoms with van der Waals surface area (Å²) in [6.07, 6.45) is 3.64. The Labute approximate surface area is 200 Å². The standard InChI is InChI=1S/C25H27N3.2ClH.Fe/c1-18(2)22-12-5-7-14-24(22)26-16-20-10-9-11-21(28-20)17-27-25-15-8-6-13-23(25)19(3)4;;;/h5-19H,1-4H3;2*1H;/q;;;+2/p-2. The van der Waals surface area contributed by atoms with Gasteiger partial charge in [-0.1, -0.05) is 70.2 Å². The second-order valence-corrected chi connectivity index (χ2v) is 9.30. The molecule has 0 radical (unpaired) electrons. The van der Waals surface area contributed by atoms with Crippen LogP contribution in [-0.2, 0) is 13.1 Å². The summed E-state index contributed by atoms with van der Waals surface area (Å²) in [7, 11) is 9.53. The van der Waals surface area contributed by atoms with Crippen LogP contribution in [0.3, 0.4) is 0 Å². The molecular weight excluding hydrogens is 469 g/mol. The molecule has 0 saturated carbocycles.